The minimum Gasteiger partial charge on any atom is -0.457 e. The van der Waals surface area contributed by atoms with E-state index in [2.05, 4.69) is 9.98 Å². The third-order valence-corrected chi connectivity index (χ3v) is 3.94. The average molecular weight is 368 g/mol. The second kappa shape index (κ2) is 7.45. The van der Waals surface area contributed by atoms with Crippen molar-refractivity contribution >= 4 is 23.9 Å². The number of aliphatic imine (C=N–C) groups is 1. The Hall–Kier alpha value is -3.05. The topological polar surface area (TPSA) is 69.7 Å². The fourth-order valence-corrected chi connectivity index (χ4v) is 2.83. The number of pyridine rings is 1. The van der Waals surface area contributed by atoms with Crippen LogP contribution in [0, 0.1) is 0 Å². The van der Waals surface area contributed by atoms with Crippen molar-refractivity contribution in [3.63, 3.8) is 0 Å². The van der Waals surface area contributed by atoms with Crippen LogP contribution in [-0.4, -0.2) is 17.6 Å². The van der Waals surface area contributed by atoms with Crippen LogP contribution in [0.1, 0.15) is 6.92 Å². The molecule has 132 valence electrons. The van der Waals surface area contributed by atoms with Crippen LogP contribution in [-0.2, 0) is 0 Å². The highest BCUT2D eigenvalue weighted by Gasteiger charge is 2.16. The lowest BCUT2D eigenvalue weighted by Gasteiger charge is -2.18. The van der Waals surface area contributed by atoms with Gasteiger partial charge in [0.2, 0.25) is 6.79 Å². The Bertz CT molecular complexity index is 952. The maximum Gasteiger partial charge on any atom is 0.231 e. The first-order chi connectivity index (χ1) is 12.2. The first-order valence-corrected chi connectivity index (χ1v) is 7.97. The molecule has 6 heteroatoms. The van der Waals surface area contributed by atoms with Gasteiger partial charge >= 0.3 is 0 Å². The molecular weight excluding hydrogens is 350 g/mol. The van der Waals surface area contributed by atoms with E-state index in [1.165, 1.54) is 0 Å². The van der Waals surface area contributed by atoms with Gasteiger partial charge in [0.05, 0.1) is 11.5 Å². The normalized spacial score (nSPS) is 12.6. The van der Waals surface area contributed by atoms with Crippen molar-refractivity contribution in [3.8, 4) is 33.9 Å². The van der Waals surface area contributed by atoms with Crippen molar-refractivity contribution in [1.82, 2.24) is 4.98 Å². The van der Waals surface area contributed by atoms with Crippen LogP contribution in [0.4, 0.5) is 5.69 Å². The minimum atomic E-state index is 0. The van der Waals surface area contributed by atoms with Gasteiger partial charge in [0.15, 0.2) is 0 Å². The maximum absolute atomic E-state index is 5.83. The zero-order valence-electron chi connectivity index (χ0n) is 14.2. The van der Waals surface area contributed by atoms with E-state index in [0.29, 0.717) is 5.84 Å². The van der Waals surface area contributed by atoms with Gasteiger partial charge in [-0.1, -0.05) is 18.2 Å². The Morgan fingerprint density at radius 2 is 1.73 bits per heavy atom. The molecule has 1 aliphatic rings. The van der Waals surface area contributed by atoms with Gasteiger partial charge in [-0.25, -0.2) is 4.99 Å². The molecule has 2 aromatic carbocycles. The molecule has 0 amide bonds. The van der Waals surface area contributed by atoms with Crippen LogP contribution in [0.5, 0.6) is 11.5 Å². The number of hydrogen-bond donors (Lipinski definition) is 1. The first-order valence-electron chi connectivity index (χ1n) is 7.97. The van der Waals surface area contributed by atoms with E-state index < -0.39 is 0 Å². The van der Waals surface area contributed by atoms with Crippen molar-refractivity contribution < 1.29 is 9.47 Å². The summed E-state index contributed by atoms with van der Waals surface area (Å²) in [6, 6.07) is 17.7. The molecule has 0 spiro atoms. The van der Waals surface area contributed by atoms with E-state index >= 15 is 0 Å². The molecule has 0 atom stereocenters. The maximum atomic E-state index is 5.83. The number of amidine groups is 1. The summed E-state index contributed by atoms with van der Waals surface area (Å²) < 4.78 is 11.5. The fourth-order valence-electron chi connectivity index (χ4n) is 2.83. The quantitative estimate of drug-likeness (QED) is 0.532. The van der Waals surface area contributed by atoms with Gasteiger partial charge in [-0.2, -0.15) is 0 Å². The molecule has 2 bridgehead atoms. The molecule has 0 aliphatic carbocycles. The van der Waals surface area contributed by atoms with E-state index in [4.69, 9.17) is 15.2 Å². The zero-order chi connectivity index (χ0) is 17.2. The lowest BCUT2D eigenvalue weighted by molar-refractivity contribution is 0.119. The first kappa shape index (κ1) is 17.8. The molecule has 1 aromatic heterocycles. The van der Waals surface area contributed by atoms with Gasteiger partial charge in [-0.05, 0) is 48.9 Å². The Morgan fingerprint density at radius 1 is 1.00 bits per heavy atom. The summed E-state index contributed by atoms with van der Waals surface area (Å²) in [6.07, 6.45) is 1.76. The monoisotopic (exact) mass is 367 g/mol. The largest absolute Gasteiger partial charge is 0.457 e. The van der Waals surface area contributed by atoms with Crippen LogP contribution >= 0.6 is 12.4 Å². The average Bonchev–Trinajstić information content (AvgIpc) is 2.61. The number of hydrogen-bond acceptors (Lipinski definition) is 4. The summed E-state index contributed by atoms with van der Waals surface area (Å²) in [5.74, 6) is 2.02. The number of halogens is 1. The fraction of sp³-hybridized carbons (Fsp3) is 0.100. The third-order valence-electron chi connectivity index (χ3n) is 3.94. The van der Waals surface area contributed by atoms with Crippen LogP contribution in [0.25, 0.3) is 22.4 Å². The van der Waals surface area contributed by atoms with E-state index in [0.717, 1.165) is 39.6 Å². The summed E-state index contributed by atoms with van der Waals surface area (Å²) in [7, 11) is 0. The van der Waals surface area contributed by atoms with Crippen LogP contribution in [0.3, 0.4) is 0 Å². The van der Waals surface area contributed by atoms with Gasteiger partial charge in [-0.3, -0.25) is 4.98 Å². The van der Waals surface area contributed by atoms with E-state index in [1.807, 2.05) is 54.6 Å². The summed E-state index contributed by atoms with van der Waals surface area (Å²) >= 11 is 0. The lowest BCUT2D eigenvalue weighted by Crippen LogP contribution is -2.09. The number of aromatic nitrogens is 1. The molecule has 26 heavy (non-hydrogen) atoms. The second-order valence-electron chi connectivity index (χ2n) is 5.77. The van der Waals surface area contributed by atoms with Crippen molar-refractivity contribution in [3.05, 3.63) is 60.8 Å². The SMILES string of the molecule is CC(N)=Nc1ccc(-c2ccc3cc2OCOc2cccnc2-3)cc1.Cl. The Kier molecular flexibility index (Phi) is 5.09. The second-order valence-corrected chi connectivity index (χ2v) is 5.77. The van der Waals surface area contributed by atoms with Crippen LogP contribution < -0.4 is 15.2 Å². The van der Waals surface area contributed by atoms with Crippen molar-refractivity contribution in [2.45, 2.75) is 6.92 Å². The summed E-state index contributed by atoms with van der Waals surface area (Å²) in [5, 5.41) is 0. The molecule has 5 nitrogen and oxygen atoms in total. The van der Waals surface area contributed by atoms with E-state index in [-0.39, 0.29) is 19.2 Å². The number of nitrogens with two attached hydrogens (primary N) is 1. The molecule has 0 fully saturated rings. The number of rotatable bonds is 2. The molecule has 3 aromatic rings. The molecule has 0 unspecified atom stereocenters. The standard InChI is InChI=1S/C20H17N3O2.ClH/c1-13(21)23-16-7-4-14(5-8-16)17-9-6-15-11-19(17)25-12-24-18-3-2-10-22-20(15)18;/h2-11H,12H2,1H3,(H2,21,23);1H. The summed E-state index contributed by atoms with van der Waals surface area (Å²) in [6.45, 7) is 1.91. The number of ether oxygens (including phenoxy) is 2. The van der Waals surface area contributed by atoms with E-state index in [9.17, 15) is 0 Å². The van der Waals surface area contributed by atoms with Gasteiger partial charge in [-0.15, -0.1) is 12.4 Å². The van der Waals surface area contributed by atoms with Gasteiger partial charge < -0.3 is 15.2 Å². The molecule has 4 rings (SSSR count). The number of nitrogens with zero attached hydrogens (tertiary/aromatic N) is 2. The van der Waals surface area contributed by atoms with Gasteiger partial charge in [0.1, 0.15) is 17.2 Å². The molecule has 1 aliphatic heterocycles. The lowest BCUT2D eigenvalue weighted by atomic mass is 10.0. The predicted molar refractivity (Wildman–Crippen MR) is 105 cm³/mol. The highest BCUT2D eigenvalue weighted by Crippen LogP contribution is 2.38. The van der Waals surface area contributed by atoms with Crippen molar-refractivity contribution in [2.24, 2.45) is 10.7 Å². The van der Waals surface area contributed by atoms with Crippen molar-refractivity contribution in [2.75, 3.05) is 6.79 Å². The highest BCUT2D eigenvalue weighted by molar-refractivity contribution is 5.85. The predicted octanol–water partition coefficient (Wildman–Crippen LogP) is 4.57. The Labute approximate surface area is 157 Å². The minimum absolute atomic E-state index is 0. The van der Waals surface area contributed by atoms with Gasteiger partial charge in [0.25, 0.3) is 0 Å². The van der Waals surface area contributed by atoms with Crippen LogP contribution in [0.15, 0.2) is 65.8 Å². The molecule has 0 radical (unpaired) electrons. The molecule has 0 saturated heterocycles. The molecular formula is C20H18ClN3O2. The molecule has 2 heterocycles. The van der Waals surface area contributed by atoms with Gasteiger partial charge in [0, 0.05) is 17.3 Å². The number of fused-ring (bicyclic) bond motifs is 4. The third kappa shape index (κ3) is 3.48. The zero-order valence-corrected chi connectivity index (χ0v) is 15.0. The Balaban J connectivity index is 0.00000196. The molecule has 0 saturated carbocycles. The summed E-state index contributed by atoms with van der Waals surface area (Å²) in [4.78, 5) is 8.68. The van der Waals surface area contributed by atoms with Crippen LogP contribution in [0.2, 0.25) is 0 Å². The Morgan fingerprint density at radius 3 is 2.50 bits per heavy atom. The summed E-state index contributed by atoms with van der Waals surface area (Å²) in [5.41, 5.74) is 10.3. The van der Waals surface area contributed by atoms with Crippen molar-refractivity contribution in [1.29, 1.82) is 0 Å². The highest BCUT2D eigenvalue weighted by atomic mass is 35.5. The smallest absolute Gasteiger partial charge is 0.231 e. The molecule has 2 N–H and O–H groups in total. The number of benzene rings is 2. The van der Waals surface area contributed by atoms with E-state index in [1.54, 1.807) is 13.1 Å².